The molecule has 15 heavy (non-hydrogen) atoms. The minimum atomic E-state index is 0. The number of nitrogens with zero attached hydrogens (tertiary/aromatic N) is 1. The Hall–Kier alpha value is -0.550. The fourth-order valence-corrected chi connectivity index (χ4v) is 2.81. The number of thioether (sulfide) groups is 1. The third-order valence-corrected chi connectivity index (χ3v) is 3.60. The molecule has 3 rings (SSSR count). The van der Waals surface area contributed by atoms with Crippen LogP contribution >= 0.6 is 11.8 Å². The van der Waals surface area contributed by atoms with Crippen LogP contribution in [0.5, 0.6) is 0 Å². The first kappa shape index (κ1) is 11.0. The van der Waals surface area contributed by atoms with Gasteiger partial charge in [-0.05, 0) is 30.5 Å². The minimum Gasteiger partial charge on any atom is -1.00 e. The van der Waals surface area contributed by atoms with Crippen LogP contribution in [0.3, 0.4) is 0 Å². The summed E-state index contributed by atoms with van der Waals surface area (Å²) in [6.45, 7) is 4.09. The highest BCUT2D eigenvalue weighted by Gasteiger charge is 2.26. The van der Waals surface area contributed by atoms with Gasteiger partial charge in [0, 0.05) is 17.5 Å². The maximum Gasteiger partial charge on any atom is 0.246 e. The van der Waals surface area contributed by atoms with Gasteiger partial charge in [0.2, 0.25) is 10.5 Å². The molecule has 76 valence electrons. The van der Waals surface area contributed by atoms with Crippen LogP contribution in [0.25, 0.3) is 16.6 Å². The summed E-state index contributed by atoms with van der Waals surface area (Å²) >= 11 is 1.85. The van der Waals surface area contributed by atoms with Crippen molar-refractivity contribution >= 4 is 28.4 Å². The van der Waals surface area contributed by atoms with Crippen LogP contribution in [0.1, 0.15) is 0 Å². The molecule has 2 heterocycles. The highest BCUT2D eigenvalue weighted by atomic mass is 127. The van der Waals surface area contributed by atoms with Gasteiger partial charge in [-0.15, -0.1) is 0 Å². The number of para-hydroxylation sites is 1. The third-order valence-electron chi connectivity index (χ3n) is 2.51. The highest BCUT2D eigenvalue weighted by molar-refractivity contribution is 7.99. The van der Waals surface area contributed by atoms with E-state index in [1.807, 2.05) is 11.8 Å². The van der Waals surface area contributed by atoms with Crippen molar-refractivity contribution < 1.29 is 28.5 Å². The van der Waals surface area contributed by atoms with E-state index in [0.717, 1.165) is 5.75 Å². The molecular weight excluding hydrogens is 317 g/mol. The van der Waals surface area contributed by atoms with E-state index >= 15 is 0 Å². The summed E-state index contributed by atoms with van der Waals surface area (Å²) in [6.07, 6.45) is 0. The Bertz CT molecular complexity index is 536. The lowest BCUT2D eigenvalue weighted by molar-refractivity contribution is -0.589. The zero-order chi connectivity index (χ0) is 9.54. The lowest BCUT2D eigenvalue weighted by atomic mass is 10.2. The lowest BCUT2D eigenvalue weighted by Gasteiger charge is -1.97. The number of halogens is 1. The Kier molecular flexibility index (Phi) is 3.02. The van der Waals surface area contributed by atoms with E-state index in [1.54, 1.807) is 0 Å². The van der Waals surface area contributed by atoms with E-state index in [-0.39, 0.29) is 24.0 Å². The van der Waals surface area contributed by atoms with Gasteiger partial charge in [-0.1, -0.05) is 12.1 Å². The Morgan fingerprint density at radius 3 is 2.80 bits per heavy atom. The number of hydrogen-bond donors (Lipinski definition) is 0. The SMILES string of the molecule is C=C1CSc2ccc3ccccc3[n+]21.[I-]. The summed E-state index contributed by atoms with van der Waals surface area (Å²) in [5.41, 5.74) is 2.45. The van der Waals surface area contributed by atoms with Crippen molar-refractivity contribution in [1.82, 2.24) is 0 Å². The number of hydrogen-bond acceptors (Lipinski definition) is 1. The molecule has 0 spiro atoms. The average molecular weight is 327 g/mol. The average Bonchev–Trinajstić information content (AvgIpc) is 2.61. The van der Waals surface area contributed by atoms with Gasteiger partial charge in [0.1, 0.15) is 0 Å². The molecule has 1 aromatic carbocycles. The number of benzene rings is 1. The van der Waals surface area contributed by atoms with Crippen LogP contribution in [0.15, 0.2) is 48.0 Å². The van der Waals surface area contributed by atoms with Gasteiger partial charge < -0.3 is 24.0 Å². The maximum atomic E-state index is 4.09. The second-order valence-corrected chi connectivity index (χ2v) is 4.42. The second kappa shape index (κ2) is 4.14. The summed E-state index contributed by atoms with van der Waals surface area (Å²) in [5.74, 6) is 1.01. The Morgan fingerprint density at radius 1 is 1.13 bits per heavy atom. The van der Waals surface area contributed by atoms with Crippen molar-refractivity contribution in [2.45, 2.75) is 5.03 Å². The molecule has 1 nitrogen and oxygen atoms in total. The second-order valence-electron chi connectivity index (χ2n) is 3.42. The summed E-state index contributed by atoms with van der Waals surface area (Å²) in [4.78, 5) is 0. The zero-order valence-electron chi connectivity index (χ0n) is 8.11. The normalized spacial score (nSPS) is 13.7. The largest absolute Gasteiger partial charge is 1.00 e. The van der Waals surface area contributed by atoms with Crippen molar-refractivity contribution in [3.05, 3.63) is 43.0 Å². The van der Waals surface area contributed by atoms with Crippen LogP contribution in [0.4, 0.5) is 0 Å². The summed E-state index contributed by atoms with van der Waals surface area (Å²) in [6, 6.07) is 12.8. The fraction of sp³-hybridized carbons (Fsp3) is 0.0833. The van der Waals surface area contributed by atoms with Gasteiger partial charge >= 0.3 is 0 Å². The third kappa shape index (κ3) is 1.67. The summed E-state index contributed by atoms with van der Waals surface area (Å²) in [7, 11) is 0. The number of rotatable bonds is 0. The van der Waals surface area contributed by atoms with Gasteiger partial charge in [-0.3, -0.25) is 0 Å². The van der Waals surface area contributed by atoms with Gasteiger partial charge in [0.05, 0.1) is 5.75 Å². The molecule has 1 aromatic heterocycles. The van der Waals surface area contributed by atoms with Crippen molar-refractivity contribution in [2.75, 3.05) is 5.75 Å². The molecule has 0 unspecified atom stereocenters. The Morgan fingerprint density at radius 2 is 1.93 bits per heavy atom. The van der Waals surface area contributed by atoms with Crippen molar-refractivity contribution in [2.24, 2.45) is 0 Å². The first-order chi connectivity index (χ1) is 6.86. The van der Waals surface area contributed by atoms with Crippen molar-refractivity contribution in [1.29, 1.82) is 0 Å². The first-order valence-electron chi connectivity index (χ1n) is 4.61. The maximum absolute atomic E-state index is 4.09. The minimum absolute atomic E-state index is 0. The van der Waals surface area contributed by atoms with Gasteiger partial charge in [-0.25, -0.2) is 0 Å². The topological polar surface area (TPSA) is 3.88 Å². The lowest BCUT2D eigenvalue weighted by Crippen LogP contribution is -3.00. The molecule has 0 saturated heterocycles. The molecule has 0 atom stereocenters. The van der Waals surface area contributed by atoms with Crippen LogP contribution in [-0.4, -0.2) is 5.75 Å². The van der Waals surface area contributed by atoms with Crippen LogP contribution in [-0.2, 0) is 0 Å². The zero-order valence-corrected chi connectivity index (χ0v) is 11.1. The molecule has 0 N–H and O–H groups in total. The molecule has 0 amide bonds. The molecule has 0 radical (unpaired) electrons. The molecule has 0 fully saturated rings. The monoisotopic (exact) mass is 327 g/mol. The molecule has 0 saturated carbocycles. The molecule has 2 aromatic rings. The quantitative estimate of drug-likeness (QED) is 0.475. The molecule has 1 aliphatic rings. The first-order valence-corrected chi connectivity index (χ1v) is 5.59. The van der Waals surface area contributed by atoms with E-state index in [4.69, 9.17) is 0 Å². The fourth-order valence-electron chi connectivity index (χ4n) is 1.85. The van der Waals surface area contributed by atoms with E-state index in [9.17, 15) is 0 Å². The number of fused-ring (bicyclic) bond motifs is 3. The molecule has 3 heteroatoms. The number of pyridine rings is 1. The van der Waals surface area contributed by atoms with Crippen LogP contribution in [0, 0.1) is 0 Å². The summed E-state index contributed by atoms with van der Waals surface area (Å²) in [5, 5.41) is 2.58. The van der Waals surface area contributed by atoms with Gasteiger partial charge in [0.15, 0.2) is 5.70 Å². The number of aromatic nitrogens is 1. The standard InChI is InChI=1S/C12H10NS.HI/c1-9-8-14-12-7-6-10-4-2-3-5-11(10)13(9)12;/h2-7H,1,8H2;1H/q+1;/p-1. The van der Waals surface area contributed by atoms with E-state index in [0.29, 0.717) is 0 Å². The summed E-state index contributed by atoms with van der Waals surface area (Å²) < 4.78 is 2.25. The molecule has 1 aliphatic heterocycles. The van der Waals surface area contributed by atoms with E-state index in [2.05, 4.69) is 47.5 Å². The predicted molar refractivity (Wildman–Crippen MR) is 60.2 cm³/mol. The predicted octanol–water partition coefficient (Wildman–Crippen LogP) is -0.292. The van der Waals surface area contributed by atoms with E-state index in [1.165, 1.54) is 21.6 Å². The van der Waals surface area contributed by atoms with Gasteiger partial charge in [0.25, 0.3) is 0 Å². The van der Waals surface area contributed by atoms with Crippen molar-refractivity contribution in [3.8, 4) is 0 Å². The van der Waals surface area contributed by atoms with Crippen molar-refractivity contribution in [3.63, 3.8) is 0 Å². The van der Waals surface area contributed by atoms with Crippen LogP contribution < -0.4 is 28.5 Å². The molecule has 0 aliphatic carbocycles. The smallest absolute Gasteiger partial charge is 0.246 e. The molecule has 0 bridgehead atoms. The highest BCUT2D eigenvalue weighted by Crippen LogP contribution is 2.27. The Labute approximate surface area is 110 Å². The molecular formula is C12H10INS. The van der Waals surface area contributed by atoms with Gasteiger partial charge in [-0.2, -0.15) is 4.57 Å². The van der Waals surface area contributed by atoms with Crippen LogP contribution in [0.2, 0.25) is 0 Å². The Balaban J connectivity index is 0.000000853. The van der Waals surface area contributed by atoms with E-state index < -0.39 is 0 Å².